The number of ether oxygens (including phenoxy) is 1. The molecule has 0 bridgehead atoms. The summed E-state index contributed by atoms with van der Waals surface area (Å²) in [6, 6.07) is 14.8. The summed E-state index contributed by atoms with van der Waals surface area (Å²) in [6.45, 7) is 1.21. The molecule has 2 aromatic carbocycles. The third-order valence-corrected chi connectivity index (χ3v) is 4.48. The van der Waals surface area contributed by atoms with Crippen LogP contribution in [0.15, 0.2) is 67.1 Å². The third kappa shape index (κ3) is 3.55. The second-order valence-electron chi connectivity index (χ2n) is 6.27. The van der Waals surface area contributed by atoms with Crippen LogP contribution in [0.3, 0.4) is 0 Å². The minimum absolute atomic E-state index is 0.0560. The Morgan fingerprint density at radius 1 is 1.04 bits per heavy atom. The van der Waals surface area contributed by atoms with Crippen molar-refractivity contribution in [1.29, 1.82) is 0 Å². The maximum atomic E-state index is 11.2. The minimum Gasteiger partial charge on any atom is -0.491 e. The fourth-order valence-corrected chi connectivity index (χ4v) is 3.16. The zero-order valence-corrected chi connectivity index (χ0v) is 15.0. The van der Waals surface area contributed by atoms with Crippen molar-refractivity contribution < 1.29 is 9.66 Å². The van der Waals surface area contributed by atoms with Gasteiger partial charge in [0, 0.05) is 47.7 Å². The molecule has 1 N–H and O–H groups in total. The van der Waals surface area contributed by atoms with Gasteiger partial charge in [0.25, 0.3) is 5.69 Å². The van der Waals surface area contributed by atoms with Crippen molar-refractivity contribution in [2.75, 3.05) is 18.5 Å². The topological polar surface area (TPSA) is 90.2 Å². The fraction of sp³-hybridized carbons (Fsp3) is 0.143. The highest BCUT2D eigenvalue weighted by atomic mass is 16.6. The SMILES string of the molecule is O=[N+]([O-])c1ccc(NCCCOc2cccc3cccnc23)c2ccncc12. The molecule has 2 aromatic heterocycles. The number of anilines is 1. The highest BCUT2D eigenvalue weighted by Gasteiger charge is 2.14. The number of nitro groups is 1. The van der Waals surface area contributed by atoms with Gasteiger partial charge in [0.2, 0.25) is 0 Å². The zero-order valence-electron chi connectivity index (χ0n) is 15.0. The van der Waals surface area contributed by atoms with Crippen LogP contribution in [-0.2, 0) is 0 Å². The number of nitrogens with one attached hydrogen (secondary N) is 1. The average molecular weight is 374 g/mol. The van der Waals surface area contributed by atoms with Crippen LogP contribution in [0.5, 0.6) is 5.75 Å². The molecule has 0 atom stereocenters. The van der Waals surface area contributed by atoms with Crippen LogP contribution < -0.4 is 10.1 Å². The first kappa shape index (κ1) is 17.7. The fourth-order valence-electron chi connectivity index (χ4n) is 3.16. The van der Waals surface area contributed by atoms with Gasteiger partial charge in [-0.15, -0.1) is 0 Å². The third-order valence-electron chi connectivity index (χ3n) is 4.48. The number of nitro benzene ring substituents is 1. The molecule has 4 rings (SSSR count). The van der Waals surface area contributed by atoms with Crippen LogP contribution in [0.2, 0.25) is 0 Å². The van der Waals surface area contributed by atoms with E-state index in [0.717, 1.165) is 34.1 Å². The van der Waals surface area contributed by atoms with Crippen molar-refractivity contribution in [2.45, 2.75) is 6.42 Å². The summed E-state index contributed by atoms with van der Waals surface area (Å²) in [4.78, 5) is 19.2. The second-order valence-corrected chi connectivity index (χ2v) is 6.27. The van der Waals surface area contributed by atoms with E-state index in [1.807, 2.05) is 30.3 Å². The molecule has 0 amide bonds. The van der Waals surface area contributed by atoms with Gasteiger partial charge in [0.1, 0.15) is 11.3 Å². The predicted octanol–water partition coefficient (Wildman–Crippen LogP) is 4.57. The Morgan fingerprint density at radius 2 is 1.93 bits per heavy atom. The summed E-state index contributed by atoms with van der Waals surface area (Å²) >= 11 is 0. The maximum Gasteiger partial charge on any atom is 0.278 e. The van der Waals surface area contributed by atoms with Gasteiger partial charge in [-0.2, -0.15) is 0 Å². The summed E-state index contributed by atoms with van der Waals surface area (Å²) in [7, 11) is 0. The number of benzene rings is 2. The lowest BCUT2D eigenvalue weighted by Crippen LogP contribution is -2.08. The molecule has 4 aromatic rings. The van der Waals surface area contributed by atoms with Crippen molar-refractivity contribution in [3.05, 3.63) is 77.2 Å². The van der Waals surface area contributed by atoms with Crippen LogP contribution >= 0.6 is 0 Å². The Kier molecular flexibility index (Phi) is 4.97. The number of pyridine rings is 2. The molecule has 0 radical (unpaired) electrons. The lowest BCUT2D eigenvalue weighted by Gasteiger charge is -2.11. The smallest absolute Gasteiger partial charge is 0.278 e. The van der Waals surface area contributed by atoms with Gasteiger partial charge in [-0.3, -0.25) is 20.1 Å². The molecule has 28 heavy (non-hydrogen) atoms. The van der Waals surface area contributed by atoms with E-state index >= 15 is 0 Å². The van der Waals surface area contributed by atoms with E-state index in [0.29, 0.717) is 18.5 Å². The van der Waals surface area contributed by atoms with E-state index in [9.17, 15) is 10.1 Å². The van der Waals surface area contributed by atoms with Crippen LogP contribution in [0.1, 0.15) is 6.42 Å². The Balaban J connectivity index is 1.39. The van der Waals surface area contributed by atoms with E-state index < -0.39 is 0 Å². The molecule has 0 spiro atoms. The van der Waals surface area contributed by atoms with Crippen LogP contribution in [-0.4, -0.2) is 28.0 Å². The molecule has 0 aliphatic heterocycles. The Labute approximate surface area is 161 Å². The lowest BCUT2D eigenvalue weighted by molar-refractivity contribution is -0.383. The zero-order chi connectivity index (χ0) is 19.3. The number of aromatic nitrogens is 2. The number of hydrogen-bond donors (Lipinski definition) is 1. The van der Waals surface area contributed by atoms with Gasteiger partial charge in [0.15, 0.2) is 0 Å². The van der Waals surface area contributed by atoms with Crippen molar-refractivity contribution >= 4 is 33.1 Å². The van der Waals surface area contributed by atoms with Crippen molar-refractivity contribution in [2.24, 2.45) is 0 Å². The highest BCUT2D eigenvalue weighted by molar-refractivity contribution is 5.99. The van der Waals surface area contributed by atoms with E-state index in [1.165, 1.54) is 12.3 Å². The maximum absolute atomic E-state index is 11.2. The van der Waals surface area contributed by atoms with E-state index in [-0.39, 0.29) is 10.6 Å². The number of hydrogen-bond acceptors (Lipinski definition) is 6. The van der Waals surface area contributed by atoms with E-state index in [1.54, 1.807) is 24.5 Å². The normalized spacial score (nSPS) is 10.9. The predicted molar refractivity (Wildman–Crippen MR) is 109 cm³/mol. The van der Waals surface area contributed by atoms with Crippen LogP contribution in [0, 0.1) is 10.1 Å². The minimum atomic E-state index is -0.389. The van der Waals surface area contributed by atoms with Gasteiger partial charge in [-0.05, 0) is 30.7 Å². The summed E-state index contributed by atoms with van der Waals surface area (Å²) < 4.78 is 5.89. The average Bonchev–Trinajstić information content (AvgIpc) is 2.73. The molecule has 0 fully saturated rings. The molecular weight excluding hydrogens is 356 g/mol. The first-order valence-corrected chi connectivity index (χ1v) is 8.95. The Morgan fingerprint density at radius 3 is 2.82 bits per heavy atom. The van der Waals surface area contributed by atoms with Gasteiger partial charge in [-0.1, -0.05) is 18.2 Å². The molecule has 7 nitrogen and oxygen atoms in total. The number of fused-ring (bicyclic) bond motifs is 2. The van der Waals surface area contributed by atoms with E-state index in [2.05, 4.69) is 15.3 Å². The van der Waals surface area contributed by atoms with Crippen molar-refractivity contribution in [3.8, 4) is 5.75 Å². The molecule has 0 saturated heterocycles. The Hall–Kier alpha value is -3.74. The number of para-hydroxylation sites is 1. The number of non-ortho nitro benzene ring substituents is 1. The van der Waals surface area contributed by atoms with Gasteiger partial charge >= 0.3 is 0 Å². The lowest BCUT2D eigenvalue weighted by atomic mass is 10.1. The molecule has 0 aliphatic rings. The Bertz CT molecular complexity index is 1140. The van der Waals surface area contributed by atoms with Crippen LogP contribution in [0.4, 0.5) is 11.4 Å². The molecule has 7 heteroatoms. The largest absolute Gasteiger partial charge is 0.491 e. The van der Waals surface area contributed by atoms with Crippen LogP contribution in [0.25, 0.3) is 21.7 Å². The molecule has 0 unspecified atom stereocenters. The summed E-state index contributed by atoms with van der Waals surface area (Å²) in [5.41, 5.74) is 1.75. The quantitative estimate of drug-likeness (QED) is 0.289. The first-order chi connectivity index (χ1) is 13.7. The second kappa shape index (κ2) is 7.87. The number of nitrogens with zero attached hydrogens (tertiary/aromatic N) is 3. The highest BCUT2D eigenvalue weighted by Crippen LogP contribution is 2.30. The molecular formula is C21H18N4O3. The van der Waals surface area contributed by atoms with Crippen molar-refractivity contribution in [3.63, 3.8) is 0 Å². The van der Waals surface area contributed by atoms with E-state index in [4.69, 9.17) is 4.74 Å². The van der Waals surface area contributed by atoms with Gasteiger partial charge < -0.3 is 10.1 Å². The summed E-state index contributed by atoms with van der Waals surface area (Å²) in [6.07, 6.45) is 5.68. The van der Waals surface area contributed by atoms with Gasteiger partial charge in [-0.25, -0.2) is 0 Å². The summed E-state index contributed by atoms with van der Waals surface area (Å²) in [5, 5.41) is 16.9. The monoisotopic (exact) mass is 374 g/mol. The molecule has 0 aliphatic carbocycles. The molecule has 0 saturated carbocycles. The summed E-state index contributed by atoms with van der Waals surface area (Å²) in [5.74, 6) is 0.768. The first-order valence-electron chi connectivity index (χ1n) is 8.95. The van der Waals surface area contributed by atoms with Crippen molar-refractivity contribution in [1.82, 2.24) is 9.97 Å². The standard InChI is InChI=1S/C21H18N4O3/c26-25(27)19-8-7-18(16-9-12-22-14-17(16)19)23-11-3-13-28-20-6-1-4-15-5-2-10-24-21(15)20/h1-2,4-10,12,14,23H,3,11,13H2. The molecule has 2 heterocycles. The van der Waals surface area contributed by atoms with Gasteiger partial charge in [0.05, 0.1) is 16.9 Å². The number of rotatable bonds is 7. The molecule has 140 valence electrons.